The Labute approximate surface area is 188 Å². The monoisotopic (exact) mass is 454 g/mol. The Balaban J connectivity index is 1.46. The molecule has 1 aliphatic heterocycles. The average Bonchev–Trinajstić information content (AvgIpc) is 2.80. The van der Waals surface area contributed by atoms with Gasteiger partial charge < -0.3 is 5.32 Å². The summed E-state index contributed by atoms with van der Waals surface area (Å²) >= 11 is 0. The van der Waals surface area contributed by atoms with Crippen LogP contribution in [0, 0.1) is 5.82 Å². The van der Waals surface area contributed by atoms with Crippen molar-refractivity contribution in [3.8, 4) is 11.3 Å². The smallest absolute Gasteiger partial charge is 0.265 e. The fourth-order valence-electron chi connectivity index (χ4n) is 3.85. The normalized spacial score (nSPS) is 17.3. The zero-order chi connectivity index (χ0) is 22.7. The van der Waals surface area contributed by atoms with E-state index in [0.29, 0.717) is 17.4 Å². The molecule has 1 fully saturated rings. The molecule has 4 rings (SSSR count). The first-order valence-electron chi connectivity index (χ1n) is 10.6. The third-order valence-corrected chi connectivity index (χ3v) is 7.46. The van der Waals surface area contributed by atoms with Crippen molar-refractivity contribution in [1.29, 1.82) is 0 Å². The molecular formula is C24H27FN4O2S. The molecule has 6 nitrogen and oxygen atoms in total. The molecule has 1 N–H and O–H groups in total. The molecule has 168 valence electrons. The van der Waals surface area contributed by atoms with Gasteiger partial charge in [0, 0.05) is 51.0 Å². The zero-order valence-electron chi connectivity index (χ0n) is 18.2. The van der Waals surface area contributed by atoms with Crippen LogP contribution < -0.4 is 9.62 Å². The fraction of sp³-hybridized carbons (Fsp3) is 0.292. The SMILES string of the molecule is C[C@H]1CN(Cc2ccc(N(C)S(=O)(=O)c3ccc(-c4ccc(F)cc4)nc3)cc2)CCN1. The minimum atomic E-state index is -3.75. The Hall–Kier alpha value is -2.81. The Kier molecular flexibility index (Phi) is 6.55. The van der Waals surface area contributed by atoms with Crippen molar-refractivity contribution >= 4 is 15.7 Å². The Morgan fingerprint density at radius 3 is 2.44 bits per heavy atom. The van der Waals surface area contributed by atoms with Crippen molar-refractivity contribution in [3.05, 3.63) is 78.2 Å². The van der Waals surface area contributed by atoms with Gasteiger partial charge in [0.2, 0.25) is 0 Å². The third-order valence-electron chi connectivity index (χ3n) is 5.69. The summed E-state index contributed by atoms with van der Waals surface area (Å²) in [6.07, 6.45) is 1.34. The van der Waals surface area contributed by atoms with Crippen molar-refractivity contribution in [2.24, 2.45) is 0 Å². The zero-order valence-corrected chi connectivity index (χ0v) is 19.0. The van der Waals surface area contributed by atoms with Gasteiger partial charge in [-0.15, -0.1) is 0 Å². The van der Waals surface area contributed by atoms with Crippen LogP contribution in [-0.2, 0) is 16.6 Å². The largest absolute Gasteiger partial charge is 0.312 e. The van der Waals surface area contributed by atoms with Crippen LogP contribution in [0.4, 0.5) is 10.1 Å². The molecule has 0 spiro atoms. The van der Waals surface area contributed by atoms with Crippen LogP contribution in [0.15, 0.2) is 71.8 Å². The van der Waals surface area contributed by atoms with E-state index in [4.69, 9.17) is 0 Å². The molecule has 8 heteroatoms. The maximum atomic E-state index is 13.1. The summed E-state index contributed by atoms with van der Waals surface area (Å²) in [7, 11) is -2.21. The first-order valence-corrected chi connectivity index (χ1v) is 12.0. The van der Waals surface area contributed by atoms with E-state index in [1.807, 2.05) is 24.3 Å². The summed E-state index contributed by atoms with van der Waals surface area (Å²) in [5, 5.41) is 3.43. The van der Waals surface area contributed by atoms with Gasteiger partial charge in [-0.05, 0) is 61.0 Å². The molecule has 2 aromatic carbocycles. The number of nitrogens with zero attached hydrogens (tertiary/aromatic N) is 3. The predicted molar refractivity (Wildman–Crippen MR) is 124 cm³/mol. The Bertz CT molecular complexity index is 1150. The summed E-state index contributed by atoms with van der Waals surface area (Å²) in [5.74, 6) is -0.330. The van der Waals surface area contributed by atoms with Gasteiger partial charge in [0.25, 0.3) is 10.0 Å². The molecule has 0 bridgehead atoms. The van der Waals surface area contributed by atoms with Gasteiger partial charge in [-0.25, -0.2) is 12.8 Å². The molecule has 1 saturated heterocycles. The van der Waals surface area contributed by atoms with Crippen LogP contribution in [0.2, 0.25) is 0 Å². The number of halogens is 1. The van der Waals surface area contributed by atoms with Crippen LogP contribution in [-0.4, -0.2) is 51.0 Å². The quantitative estimate of drug-likeness (QED) is 0.618. The molecule has 1 aromatic heterocycles. The number of anilines is 1. The van der Waals surface area contributed by atoms with Crippen LogP contribution >= 0.6 is 0 Å². The van der Waals surface area contributed by atoms with Crippen molar-refractivity contribution in [3.63, 3.8) is 0 Å². The lowest BCUT2D eigenvalue weighted by molar-refractivity contribution is 0.199. The second kappa shape index (κ2) is 9.36. The van der Waals surface area contributed by atoms with E-state index in [1.165, 1.54) is 35.7 Å². The molecule has 0 radical (unpaired) electrons. The lowest BCUT2D eigenvalue weighted by Gasteiger charge is -2.31. The predicted octanol–water partition coefficient (Wildman–Crippen LogP) is 3.51. The number of rotatable bonds is 6. The van der Waals surface area contributed by atoms with Gasteiger partial charge in [-0.3, -0.25) is 14.2 Å². The van der Waals surface area contributed by atoms with Crippen molar-refractivity contribution in [2.75, 3.05) is 31.0 Å². The van der Waals surface area contributed by atoms with Crippen LogP contribution in [0.25, 0.3) is 11.3 Å². The number of nitrogens with one attached hydrogen (secondary N) is 1. The third kappa shape index (κ3) is 4.98. The highest BCUT2D eigenvalue weighted by Gasteiger charge is 2.22. The summed E-state index contributed by atoms with van der Waals surface area (Å²) in [6.45, 7) is 6.00. The number of sulfonamides is 1. The first-order chi connectivity index (χ1) is 15.3. The van der Waals surface area contributed by atoms with Gasteiger partial charge in [0.1, 0.15) is 10.7 Å². The van der Waals surface area contributed by atoms with E-state index in [0.717, 1.165) is 37.3 Å². The molecule has 1 atom stereocenters. The number of pyridine rings is 1. The number of benzene rings is 2. The molecule has 0 amide bonds. The second-order valence-electron chi connectivity index (χ2n) is 8.12. The fourth-order valence-corrected chi connectivity index (χ4v) is 4.99. The Morgan fingerprint density at radius 2 is 1.81 bits per heavy atom. The minimum absolute atomic E-state index is 0.102. The van der Waals surface area contributed by atoms with E-state index in [1.54, 1.807) is 18.2 Å². The van der Waals surface area contributed by atoms with E-state index < -0.39 is 10.0 Å². The number of hydrogen-bond donors (Lipinski definition) is 1. The number of aromatic nitrogens is 1. The molecule has 2 heterocycles. The maximum Gasteiger partial charge on any atom is 0.265 e. The van der Waals surface area contributed by atoms with Crippen LogP contribution in [0.1, 0.15) is 12.5 Å². The van der Waals surface area contributed by atoms with Gasteiger partial charge >= 0.3 is 0 Å². The summed E-state index contributed by atoms with van der Waals surface area (Å²) in [5.41, 5.74) is 3.04. The second-order valence-corrected chi connectivity index (χ2v) is 10.1. The highest BCUT2D eigenvalue weighted by molar-refractivity contribution is 7.92. The lowest BCUT2D eigenvalue weighted by Crippen LogP contribution is -2.48. The van der Waals surface area contributed by atoms with Crippen molar-refractivity contribution < 1.29 is 12.8 Å². The Morgan fingerprint density at radius 1 is 1.09 bits per heavy atom. The summed E-state index contributed by atoms with van der Waals surface area (Å²) in [6, 6.07) is 17.2. The van der Waals surface area contributed by atoms with E-state index in [2.05, 4.69) is 22.1 Å². The van der Waals surface area contributed by atoms with Crippen LogP contribution in [0.5, 0.6) is 0 Å². The van der Waals surface area contributed by atoms with Crippen molar-refractivity contribution in [2.45, 2.75) is 24.4 Å². The maximum absolute atomic E-state index is 13.1. The van der Waals surface area contributed by atoms with Crippen molar-refractivity contribution in [1.82, 2.24) is 15.2 Å². The molecule has 0 aliphatic carbocycles. The van der Waals surface area contributed by atoms with E-state index in [9.17, 15) is 12.8 Å². The molecule has 32 heavy (non-hydrogen) atoms. The molecule has 1 aliphatic rings. The average molecular weight is 455 g/mol. The number of hydrogen-bond acceptors (Lipinski definition) is 5. The highest BCUT2D eigenvalue weighted by atomic mass is 32.2. The van der Waals surface area contributed by atoms with Crippen LogP contribution in [0.3, 0.4) is 0 Å². The summed E-state index contributed by atoms with van der Waals surface area (Å²) < 4.78 is 40.6. The standard InChI is InChI=1S/C24H27FN4O2S/c1-18-16-29(14-13-26-18)17-19-3-9-22(10-4-19)28(2)32(30,31)23-11-12-24(27-15-23)20-5-7-21(25)8-6-20/h3-12,15,18,26H,13-14,16-17H2,1-2H3/t18-/m0/s1. The molecular weight excluding hydrogens is 427 g/mol. The summed E-state index contributed by atoms with van der Waals surface area (Å²) in [4.78, 5) is 6.76. The topological polar surface area (TPSA) is 65.5 Å². The number of piperazine rings is 1. The minimum Gasteiger partial charge on any atom is -0.312 e. The van der Waals surface area contributed by atoms with Gasteiger partial charge in [-0.2, -0.15) is 0 Å². The van der Waals surface area contributed by atoms with Gasteiger partial charge in [-0.1, -0.05) is 12.1 Å². The van der Waals surface area contributed by atoms with Gasteiger partial charge in [0.05, 0.1) is 11.4 Å². The van der Waals surface area contributed by atoms with E-state index in [-0.39, 0.29) is 10.7 Å². The highest BCUT2D eigenvalue weighted by Crippen LogP contribution is 2.24. The molecule has 0 saturated carbocycles. The lowest BCUT2D eigenvalue weighted by atomic mass is 10.1. The first kappa shape index (κ1) is 22.4. The molecule has 3 aromatic rings. The van der Waals surface area contributed by atoms with E-state index >= 15 is 0 Å². The van der Waals surface area contributed by atoms with Gasteiger partial charge in [0.15, 0.2) is 0 Å². The molecule has 0 unspecified atom stereocenters.